The van der Waals surface area contributed by atoms with Crippen molar-refractivity contribution >= 4 is 47.4 Å². The van der Waals surface area contributed by atoms with Gasteiger partial charge >= 0.3 is 0 Å². The van der Waals surface area contributed by atoms with Gasteiger partial charge in [-0.25, -0.2) is 4.98 Å². The first-order valence-corrected chi connectivity index (χ1v) is 11.8. The van der Waals surface area contributed by atoms with E-state index in [-0.39, 0.29) is 24.8 Å². The molecular weight excluding hydrogens is 513 g/mol. The van der Waals surface area contributed by atoms with Crippen LogP contribution >= 0.6 is 36.4 Å². The molecule has 5 rings (SSSR count). The summed E-state index contributed by atoms with van der Waals surface area (Å²) < 4.78 is 16.5. The molecule has 0 radical (unpaired) electrons. The molecule has 190 valence electrons. The van der Waals surface area contributed by atoms with Crippen LogP contribution in [0.1, 0.15) is 24.1 Å². The van der Waals surface area contributed by atoms with Crippen LogP contribution in [0.15, 0.2) is 30.6 Å². The molecule has 0 saturated carbocycles. The maximum absolute atomic E-state index is 6.49. The van der Waals surface area contributed by atoms with Crippen molar-refractivity contribution in [2.24, 2.45) is 0 Å². The largest absolute Gasteiger partial charge is 0.486 e. The first kappa shape index (κ1) is 27.5. The monoisotopic (exact) mass is 541 g/mol. The van der Waals surface area contributed by atoms with Gasteiger partial charge in [0.1, 0.15) is 13.2 Å². The highest BCUT2D eigenvalue weighted by atomic mass is 35.5. The number of ether oxygens (including phenoxy) is 3. The quantitative estimate of drug-likeness (QED) is 0.478. The van der Waals surface area contributed by atoms with E-state index in [1.165, 1.54) is 0 Å². The van der Waals surface area contributed by atoms with E-state index < -0.39 is 0 Å². The van der Waals surface area contributed by atoms with Gasteiger partial charge in [-0.05, 0) is 38.4 Å². The van der Waals surface area contributed by atoms with Gasteiger partial charge in [-0.3, -0.25) is 9.97 Å². The van der Waals surface area contributed by atoms with Gasteiger partial charge in [0, 0.05) is 43.0 Å². The number of aromatic nitrogens is 3. The molecule has 8 nitrogen and oxygen atoms in total. The molecule has 0 bridgehead atoms. The van der Waals surface area contributed by atoms with Gasteiger partial charge in [0.2, 0.25) is 5.88 Å². The van der Waals surface area contributed by atoms with Gasteiger partial charge in [0.25, 0.3) is 0 Å². The Labute approximate surface area is 222 Å². The number of methoxy groups -OCH3 is 1. The fourth-order valence-electron chi connectivity index (χ4n) is 4.39. The third-order valence-corrected chi connectivity index (χ3v) is 6.60. The first-order valence-electron chi connectivity index (χ1n) is 11.4. The number of halogens is 3. The molecule has 11 heteroatoms. The number of rotatable bonds is 7. The molecule has 1 N–H and O–H groups in total. The smallest absolute Gasteiger partial charge is 0.213 e. The molecule has 2 aliphatic heterocycles. The van der Waals surface area contributed by atoms with Crippen molar-refractivity contribution in [2.45, 2.75) is 31.8 Å². The van der Waals surface area contributed by atoms with E-state index in [9.17, 15) is 0 Å². The first-order chi connectivity index (χ1) is 16.2. The summed E-state index contributed by atoms with van der Waals surface area (Å²) in [5.74, 6) is 2.10. The molecule has 0 unspecified atom stereocenters. The fourth-order valence-corrected chi connectivity index (χ4v) is 4.63. The van der Waals surface area contributed by atoms with Crippen LogP contribution in [0.3, 0.4) is 0 Å². The van der Waals surface area contributed by atoms with Crippen LogP contribution < -0.4 is 19.5 Å². The number of fused-ring (bicyclic) bond motifs is 2. The third kappa shape index (κ3) is 6.57. The molecule has 0 aromatic carbocycles. The van der Waals surface area contributed by atoms with Crippen LogP contribution in [0, 0.1) is 0 Å². The fraction of sp³-hybridized carbons (Fsp3) is 0.458. The summed E-state index contributed by atoms with van der Waals surface area (Å²) in [5.41, 5.74) is 3.67. The number of piperidine rings is 1. The van der Waals surface area contributed by atoms with Crippen molar-refractivity contribution in [3.63, 3.8) is 0 Å². The Kier molecular flexibility index (Phi) is 10.0. The molecule has 0 atom stereocenters. The number of likely N-dealkylation sites (tertiary alicyclic amines) is 1. The topological polar surface area (TPSA) is 81.6 Å². The van der Waals surface area contributed by atoms with Gasteiger partial charge in [-0.15, -0.1) is 24.8 Å². The van der Waals surface area contributed by atoms with E-state index in [0.717, 1.165) is 79.2 Å². The maximum atomic E-state index is 6.49. The minimum atomic E-state index is 0. The summed E-state index contributed by atoms with van der Waals surface area (Å²) in [5, 5.41) is 4.31. The van der Waals surface area contributed by atoms with Crippen LogP contribution in [-0.2, 0) is 13.0 Å². The van der Waals surface area contributed by atoms with Gasteiger partial charge in [0.05, 0.1) is 35.1 Å². The van der Waals surface area contributed by atoms with Crippen molar-refractivity contribution in [1.82, 2.24) is 25.2 Å². The Morgan fingerprint density at radius 2 is 1.86 bits per heavy atom. The highest BCUT2D eigenvalue weighted by Gasteiger charge is 2.20. The van der Waals surface area contributed by atoms with E-state index in [2.05, 4.69) is 25.2 Å². The Hall–Kier alpha value is -2.10. The minimum absolute atomic E-state index is 0. The minimum Gasteiger partial charge on any atom is -0.486 e. The summed E-state index contributed by atoms with van der Waals surface area (Å²) in [6, 6.07) is 6.20. The lowest BCUT2D eigenvalue weighted by atomic mass is 10.0. The lowest BCUT2D eigenvalue weighted by Gasteiger charge is -2.32. The van der Waals surface area contributed by atoms with E-state index in [1.54, 1.807) is 19.5 Å². The van der Waals surface area contributed by atoms with E-state index in [1.807, 2.05) is 18.2 Å². The zero-order valence-electron chi connectivity index (χ0n) is 19.5. The number of nitrogens with zero attached hydrogens (tertiary/aromatic N) is 4. The maximum Gasteiger partial charge on any atom is 0.213 e. The predicted molar refractivity (Wildman–Crippen MR) is 141 cm³/mol. The Bertz CT molecular complexity index is 1130. The average molecular weight is 543 g/mol. The Balaban J connectivity index is 0.00000171. The van der Waals surface area contributed by atoms with Crippen molar-refractivity contribution < 1.29 is 14.2 Å². The zero-order valence-corrected chi connectivity index (χ0v) is 21.9. The van der Waals surface area contributed by atoms with Crippen molar-refractivity contribution in [2.75, 3.05) is 40.0 Å². The molecule has 0 aliphatic carbocycles. The number of hydrogen-bond acceptors (Lipinski definition) is 8. The summed E-state index contributed by atoms with van der Waals surface area (Å²) in [7, 11) is 1.62. The molecule has 35 heavy (non-hydrogen) atoms. The zero-order chi connectivity index (χ0) is 22.6. The molecule has 2 aliphatic rings. The molecule has 0 spiro atoms. The third-order valence-electron chi connectivity index (χ3n) is 6.27. The van der Waals surface area contributed by atoms with Crippen LogP contribution in [0.25, 0.3) is 11.0 Å². The molecular formula is C24H30Cl3N5O3. The standard InChI is InChI=1S/C24H28ClN5O3.2ClH/c1-31-23-3-2-20-24(29-23)18(19(25)14-28-20)6-9-30-7-4-16(5-8-30)26-13-17-12-21-22(15-27-17)33-11-10-32-21;;/h2-3,12,14-16,26H,4-11,13H2,1H3;2*1H. The lowest BCUT2D eigenvalue weighted by molar-refractivity contribution is 0.170. The Morgan fingerprint density at radius 1 is 1.09 bits per heavy atom. The van der Waals surface area contributed by atoms with Crippen molar-refractivity contribution in [3.05, 3.63) is 46.9 Å². The van der Waals surface area contributed by atoms with E-state index in [4.69, 9.17) is 25.8 Å². The van der Waals surface area contributed by atoms with Gasteiger partial charge in [-0.1, -0.05) is 11.6 Å². The van der Waals surface area contributed by atoms with Gasteiger partial charge in [0.15, 0.2) is 11.5 Å². The van der Waals surface area contributed by atoms with Gasteiger partial charge in [-0.2, -0.15) is 0 Å². The van der Waals surface area contributed by atoms with Crippen molar-refractivity contribution in [3.8, 4) is 17.4 Å². The highest BCUT2D eigenvalue weighted by Crippen LogP contribution is 2.29. The second-order valence-electron chi connectivity index (χ2n) is 8.37. The van der Waals surface area contributed by atoms with Crippen LogP contribution in [0.5, 0.6) is 17.4 Å². The van der Waals surface area contributed by atoms with E-state index in [0.29, 0.717) is 30.2 Å². The molecule has 1 saturated heterocycles. The summed E-state index contributed by atoms with van der Waals surface area (Å²) in [4.78, 5) is 16.0. The second-order valence-corrected chi connectivity index (χ2v) is 8.78. The summed E-state index contributed by atoms with van der Waals surface area (Å²) >= 11 is 6.49. The lowest BCUT2D eigenvalue weighted by Crippen LogP contribution is -2.43. The van der Waals surface area contributed by atoms with Crippen LogP contribution in [-0.4, -0.2) is 65.9 Å². The molecule has 3 aromatic rings. The predicted octanol–water partition coefficient (Wildman–Crippen LogP) is 4.10. The van der Waals surface area contributed by atoms with E-state index >= 15 is 0 Å². The summed E-state index contributed by atoms with van der Waals surface area (Å²) in [6.45, 7) is 4.93. The number of nitrogens with one attached hydrogen (secondary N) is 1. The Morgan fingerprint density at radius 3 is 2.63 bits per heavy atom. The van der Waals surface area contributed by atoms with Gasteiger partial charge < -0.3 is 24.4 Å². The van der Waals surface area contributed by atoms with Crippen LogP contribution in [0.4, 0.5) is 0 Å². The van der Waals surface area contributed by atoms with Crippen molar-refractivity contribution in [1.29, 1.82) is 0 Å². The number of hydrogen-bond donors (Lipinski definition) is 1. The molecule has 1 fully saturated rings. The normalized spacial score (nSPS) is 15.8. The molecule has 0 amide bonds. The molecule has 3 aromatic heterocycles. The molecule has 5 heterocycles. The number of pyridine rings is 3. The van der Waals surface area contributed by atoms with Crippen LogP contribution in [0.2, 0.25) is 5.02 Å². The summed E-state index contributed by atoms with van der Waals surface area (Å²) in [6.07, 6.45) is 6.50. The SMILES string of the molecule is COc1ccc2ncc(Cl)c(CCN3CCC(NCc4cc5c(cn4)OCCO5)CC3)c2n1.Cl.Cl. The second kappa shape index (κ2) is 12.7. The highest BCUT2D eigenvalue weighted by molar-refractivity contribution is 6.32. The average Bonchev–Trinajstić information content (AvgIpc) is 2.87.